The van der Waals surface area contributed by atoms with Crippen LogP contribution in [0.5, 0.6) is 0 Å². The first-order chi connectivity index (χ1) is 9.28. The summed E-state index contributed by atoms with van der Waals surface area (Å²) < 4.78 is 37.5. The van der Waals surface area contributed by atoms with E-state index in [0.29, 0.717) is 6.42 Å². The van der Waals surface area contributed by atoms with Gasteiger partial charge in [-0.3, -0.25) is 10.1 Å². The Hall–Kier alpha value is -2.30. The molecule has 0 heterocycles. The van der Waals surface area contributed by atoms with Crippen LogP contribution in [0.3, 0.4) is 0 Å². The van der Waals surface area contributed by atoms with Crippen molar-refractivity contribution in [1.29, 1.82) is 5.26 Å². The van der Waals surface area contributed by atoms with Crippen molar-refractivity contribution >= 4 is 11.4 Å². The van der Waals surface area contributed by atoms with E-state index in [0.717, 1.165) is 17.0 Å². The highest BCUT2D eigenvalue weighted by Gasteiger charge is 2.31. The average Bonchev–Trinajstić information content (AvgIpc) is 2.35. The predicted octanol–water partition coefficient (Wildman–Crippen LogP) is 3.25. The summed E-state index contributed by atoms with van der Waals surface area (Å²) in [6.07, 6.45) is -3.90. The summed E-state index contributed by atoms with van der Waals surface area (Å²) in [6.45, 7) is 0.700. The lowest BCUT2D eigenvalue weighted by molar-refractivity contribution is -0.385. The van der Waals surface area contributed by atoms with Crippen LogP contribution in [0.15, 0.2) is 18.2 Å². The maximum Gasteiger partial charge on any atom is 0.405 e. The maximum atomic E-state index is 12.5. The Morgan fingerprint density at radius 3 is 2.55 bits per heavy atom. The molecule has 0 saturated carbocycles. The van der Waals surface area contributed by atoms with Crippen LogP contribution in [0.25, 0.3) is 0 Å². The number of hydrogen-bond acceptors (Lipinski definition) is 4. The van der Waals surface area contributed by atoms with Crippen LogP contribution < -0.4 is 4.90 Å². The van der Waals surface area contributed by atoms with E-state index in [4.69, 9.17) is 5.26 Å². The van der Waals surface area contributed by atoms with Gasteiger partial charge in [-0.2, -0.15) is 18.4 Å². The number of anilines is 1. The normalized spacial score (nSPS) is 10.9. The summed E-state index contributed by atoms with van der Waals surface area (Å²) in [4.78, 5) is 11.0. The zero-order valence-corrected chi connectivity index (χ0v) is 10.6. The third-order valence-corrected chi connectivity index (χ3v) is 2.53. The maximum absolute atomic E-state index is 12.5. The average molecular weight is 287 g/mol. The van der Waals surface area contributed by atoms with Gasteiger partial charge in [-0.15, -0.1) is 0 Å². The van der Waals surface area contributed by atoms with Gasteiger partial charge in [0.25, 0.3) is 5.69 Å². The molecule has 0 aliphatic carbocycles. The SMILES string of the molecule is CCCN(CC(F)(F)F)c1ccc([N+](=O)[O-])c(C#N)c1. The Balaban J connectivity index is 3.15. The molecule has 0 N–H and O–H groups in total. The predicted molar refractivity (Wildman–Crippen MR) is 66.4 cm³/mol. The van der Waals surface area contributed by atoms with E-state index < -0.39 is 23.3 Å². The van der Waals surface area contributed by atoms with E-state index in [1.54, 1.807) is 13.0 Å². The molecule has 1 aromatic carbocycles. The molecule has 0 amide bonds. The van der Waals surface area contributed by atoms with Crippen molar-refractivity contribution in [2.24, 2.45) is 0 Å². The van der Waals surface area contributed by atoms with Gasteiger partial charge in [0.2, 0.25) is 0 Å². The lowest BCUT2D eigenvalue weighted by Gasteiger charge is -2.25. The Bertz CT molecular complexity index is 538. The second kappa shape index (κ2) is 6.23. The molecule has 5 nitrogen and oxygen atoms in total. The Morgan fingerprint density at radius 2 is 2.10 bits per heavy atom. The minimum Gasteiger partial charge on any atom is -0.363 e. The number of nitro groups is 1. The summed E-state index contributed by atoms with van der Waals surface area (Å²) in [5.41, 5.74) is -0.526. The fourth-order valence-electron chi connectivity index (χ4n) is 1.76. The molecule has 0 bridgehead atoms. The quantitative estimate of drug-likeness (QED) is 0.615. The lowest BCUT2D eigenvalue weighted by Crippen LogP contribution is -2.34. The molecule has 0 aliphatic heterocycles. The first-order valence-corrected chi connectivity index (χ1v) is 5.78. The highest BCUT2D eigenvalue weighted by molar-refractivity contribution is 5.60. The summed E-state index contributed by atoms with van der Waals surface area (Å²) in [7, 11) is 0. The van der Waals surface area contributed by atoms with Crippen molar-refractivity contribution in [3.05, 3.63) is 33.9 Å². The van der Waals surface area contributed by atoms with E-state index in [2.05, 4.69) is 0 Å². The Labute approximate surface area is 113 Å². The second-order valence-corrected chi connectivity index (χ2v) is 4.11. The number of alkyl halides is 3. The van der Waals surface area contributed by atoms with E-state index in [9.17, 15) is 23.3 Å². The summed E-state index contributed by atoms with van der Waals surface area (Å²) in [5.74, 6) is 0. The van der Waals surface area contributed by atoms with Gasteiger partial charge in [0, 0.05) is 18.3 Å². The molecule has 108 valence electrons. The zero-order valence-electron chi connectivity index (χ0n) is 10.6. The molecule has 0 radical (unpaired) electrons. The zero-order chi connectivity index (χ0) is 15.3. The van der Waals surface area contributed by atoms with Gasteiger partial charge in [-0.25, -0.2) is 0 Å². The molecule has 0 fully saturated rings. The van der Waals surface area contributed by atoms with Gasteiger partial charge in [0.1, 0.15) is 18.2 Å². The van der Waals surface area contributed by atoms with Gasteiger partial charge < -0.3 is 4.90 Å². The Kier molecular flexibility index (Phi) is 4.91. The van der Waals surface area contributed by atoms with Crippen molar-refractivity contribution in [2.45, 2.75) is 19.5 Å². The van der Waals surface area contributed by atoms with Crippen LogP contribution in [0.4, 0.5) is 24.5 Å². The van der Waals surface area contributed by atoms with E-state index in [1.807, 2.05) is 0 Å². The first kappa shape index (κ1) is 15.8. The summed E-state index contributed by atoms with van der Waals surface area (Å²) >= 11 is 0. The molecule has 0 atom stereocenters. The third-order valence-electron chi connectivity index (χ3n) is 2.53. The molecular weight excluding hydrogens is 275 g/mol. The molecular formula is C12H12F3N3O2. The molecule has 0 unspecified atom stereocenters. The number of nitrogens with zero attached hydrogens (tertiary/aromatic N) is 3. The van der Waals surface area contributed by atoms with Crippen LogP contribution in [-0.2, 0) is 0 Å². The smallest absolute Gasteiger partial charge is 0.363 e. The molecule has 0 aromatic heterocycles. The minimum atomic E-state index is -4.39. The van der Waals surface area contributed by atoms with E-state index in [-0.39, 0.29) is 17.8 Å². The number of benzene rings is 1. The molecule has 8 heteroatoms. The molecule has 1 aromatic rings. The van der Waals surface area contributed by atoms with Crippen molar-refractivity contribution < 1.29 is 18.1 Å². The number of hydrogen-bond donors (Lipinski definition) is 0. The number of rotatable bonds is 5. The molecule has 0 aliphatic rings. The first-order valence-electron chi connectivity index (χ1n) is 5.78. The number of nitro benzene ring substituents is 1. The van der Waals surface area contributed by atoms with Gasteiger partial charge in [-0.1, -0.05) is 6.92 Å². The number of nitriles is 1. The van der Waals surface area contributed by atoms with Crippen LogP contribution in [0, 0.1) is 21.4 Å². The highest BCUT2D eigenvalue weighted by Crippen LogP contribution is 2.27. The molecule has 20 heavy (non-hydrogen) atoms. The van der Waals surface area contributed by atoms with Crippen LogP contribution >= 0.6 is 0 Å². The van der Waals surface area contributed by atoms with E-state index >= 15 is 0 Å². The van der Waals surface area contributed by atoms with Crippen molar-refractivity contribution in [2.75, 3.05) is 18.0 Å². The third kappa shape index (κ3) is 4.12. The fourth-order valence-corrected chi connectivity index (χ4v) is 1.76. The fraction of sp³-hybridized carbons (Fsp3) is 0.417. The Morgan fingerprint density at radius 1 is 1.45 bits per heavy atom. The van der Waals surface area contributed by atoms with Gasteiger partial charge in [0.05, 0.1) is 4.92 Å². The van der Waals surface area contributed by atoms with E-state index in [1.165, 1.54) is 6.07 Å². The minimum absolute atomic E-state index is 0.141. The number of halogens is 3. The van der Waals surface area contributed by atoms with Gasteiger partial charge in [-0.05, 0) is 18.6 Å². The molecule has 0 saturated heterocycles. The van der Waals surface area contributed by atoms with Gasteiger partial charge in [0.15, 0.2) is 0 Å². The largest absolute Gasteiger partial charge is 0.405 e. The van der Waals surface area contributed by atoms with Crippen LogP contribution in [0.2, 0.25) is 0 Å². The summed E-state index contributed by atoms with van der Waals surface area (Å²) in [5, 5.41) is 19.5. The molecule has 1 rings (SSSR count). The monoisotopic (exact) mass is 287 g/mol. The van der Waals surface area contributed by atoms with Crippen molar-refractivity contribution in [3.63, 3.8) is 0 Å². The second-order valence-electron chi connectivity index (χ2n) is 4.11. The summed E-state index contributed by atoms with van der Waals surface area (Å²) in [6, 6.07) is 5.01. The van der Waals surface area contributed by atoms with Crippen molar-refractivity contribution in [1.82, 2.24) is 0 Å². The molecule has 0 spiro atoms. The highest BCUT2D eigenvalue weighted by atomic mass is 19.4. The van der Waals surface area contributed by atoms with Gasteiger partial charge >= 0.3 is 6.18 Å². The van der Waals surface area contributed by atoms with Crippen molar-refractivity contribution in [3.8, 4) is 6.07 Å². The lowest BCUT2D eigenvalue weighted by atomic mass is 10.1. The van der Waals surface area contributed by atoms with Crippen LogP contribution in [-0.4, -0.2) is 24.2 Å². The topological polar surface area (TPSA) is 70.2 Å². The standard InChI is InChI=1S/C12H12F3N3O2/c1-2-5-17(8-12(13,14)15)10-3-4-11(18(19)20)9(6-10)7-16/h3-4,6H,2,5,8H2,1H3. The van der Waals surface area contributed by atoms with Crippen LogP contribution in [0.1, 0.15) is 18.9 Å².